The molecular formula is C20H22Cl2N3O2+. The fourth-order valence-corrected chi connectivity index (χ4v) is 3.58. The molecule has 142 valence electrons. The molecule has 2 amide bonds. The molecule has 2 aromatic carbocycles. The first-order valence-corrected chi connectivity index (χ1v) is 9.64. The van der Waals surface area contributed by atoms with Gasteiger partial charge in [0.05, 0.1) is 17.1 Å². The number of nitrogens with zero attached hydrogens (tertiary/aromatic N) is 1. The zero-order valence-corrected chi connectivity index (χ0v) is 16.6. The SMILES string of the molecule is C[NH+](CC(=O)Nc1ccc(N2CCCC2=O)cc1)Cc1cccc(Cl)c1Cl. The van der Waals surface area contributed by atoms with Crippen LogP contribution in [0.3, 0.4) is 0 Å². The molecule has 27 heavy (non-hydrogen) atoms. The Morgan fingerprint density at radius 3 is 2.59 bits per heavy atom. The molecule has 2 N–H and O–H groups in total. The third kappa shape index (κ3) is 5.01. The Labute approximate surface area is 168 Å². The van der Waals surface area contributed by atoms with Crippen LogP contribution in [0.2, 0.25) is 10.0 Å². The topological polar surface area (TPSA) is 53.9 Å². The van der Waals surface area contributed by atoms with Crippen LogP contribution in [0.25, 0.3) is 0 Å². The van der Waals surface area contributed by atoms with Gasteiger partial charge in [-0.2, -0.15) is 0 Å². The number of hydrogen-bond acceptors (Lipinski definition) is 2. The number of nitrogens with one attached hydrogen (secondary N) is 2. The molecule has 3 rings (SSSR count). The van der Waals surface area contributed by atoms with E-state index in [2.05, 4.69) is 5.32 Å². The number of hydrogen-bond donors (Lipinski definition) is 2. The maximum Gasteiger partial charge on any atom is 0.279 e. The molecular weight excluding hydrogens is 385 g/mol. The van der Waals surface area contributed by atoms with E-state index in [0.717, 1.165) is 29.1 Å². The van der Waals surface area contributed by atoms with Gasteiger partial charge >= 0.3 is 0 Å². The van der Waals surface area contributed by atoms with Gasteiger partial charge in [0, 0.05) is 29.9 Å². The lowest BCUT2D eigenvalue weighted by molar-refractivity contribution is -0.885. The van der Waals surface area contributed by atoms with Crippen molar-refractivity contribution in [1.29, 1.82) is 0 Å². The van der Waals surface area contributed by atoms with Crippen molar-refractivity contribution in [3.63, 3.8) is 0 Å². The molecule has 0 aliphatic carbocycles. The third-order valence-electron chi connectivity index (χ3n) is 4.52. The molecule has 1 aliphatic heterocycles. The molecule has 0 bridgehead atoms. The number of quaternary nitrogens is 1. The predicted molar refractivity (Wildman–Crippen MR) is 109 cm³/mol. The Hall–Kier alpha value is -2.08. The smallest absolute Gasteiger partial charge is 0.279 e. The fraction of sp³-hybridized carbons (Fsp3) is 0.300. The van der Waals surface area contributed by atoms with Crippen molar-refractivity contribution in [2.24, 2.45) is 0 Å². The van der Waals surface area contributed by atoms with Crippen LogP contribution >= 0.6 is 23.2 Å². The lowest BCUT2D eigenvalue weighted by Crippen LogP contribution is -3.08. The molecule has 1 saturated heterocycles. The number of amides is 2. The Morgan fingerprint density at radius 1 is 1.19 bits per heavy atom. The first-order valence-electron chi connectivity index (χ1n) is 8.88. The molecule has 2 aromatic rings. The Bertz CT molecular complexity index is 840. The summed E-state index contributed by atoms with van der Waals surface area (Å²) < 4.78 is 0. The van der Waals surface area contributed by atoms with Crippen molar-refractivity contribution < 1.29 is 14.5 Å². The maximum atomic E-state index is 12.3. The normalized spacial score (nSPS) is 15.1. The molecule has 1 fully saturated rings. The molecule has 0 aromatic heterocycles. The van der Waals surface area contributed by atoms with Crippen LogP contribution < -0.4 is 15.1 Å². The van der Waals surface area contributed by atoms with Crippen molar-refractivity contribution in [2.75, 3.05) is 30.4 Å². The van der Waals surface area contributed by atoms with Gasteiger partial charge in [-0.05, 0) is 36.8 Å². The minimum atomic E-state index is -0.0874. The lowest BCUT2D eigenvalue weighted by Gasteiger charge is -2.17. The van der Waals surface area contributed by atoms with E-state index in [1.54, 1.807) is 11.0 Å². The standard InChI is InChI=1S/C20H21Cl2N3O2/c1-24(12-14-4-2-5-17(21)20(14)22)13-18(26)23-15-7-9-16(10-8-15)25-11-3-6-19(25)27/h2,4-5,7-10H,3,6,11-13H2,1H3,(H,23,26)/p+1. The van der Waals surface area contributed by atoms with Gasteiger partial charge in [-0.15, -0.1) is 0 Å². The van der Waals surface area contributed by atoms with E-state index in [1.807, 2.05) is 43.4 Å². The average molecular weight is 407 g/mol. The highest BCUT2D eigenvalue weighted by Gasteiger charge is 2.21. The predicted octanol–water partition coefficient (Wildman–Crippen LogP) is 2.77. The van der Waals surface area contributed by atoms with E-state index in [1.165, 1.54) is 0 Å². The third-order valence-corrected chi connectivity index (χ3v) is 5.38. The summed E-state index contributed by atoms with van der Waals surface area (Å²) in [5, 5.41) is 3.94. The van der Waals surface area contributed by atoms with Crippen molar-refractivity contribution in [3.05, 3.63) is 58.1 Å². The lowest BCUT2D eigenvalue weighted by atomic mass is 10.2. The average Bonchev–Trinajstić information content (AvgIpc) is 3.05. The van der Waals surface area contributed by atoms with Crippen molar-refractivity contribution in [1.82, 2.24) is 0 Å². The minimum absolute atomic E-state index is 0.0874. The number of halogens is 2. The van der Waals surface area contributed by atoms with Crippen LogP contribution in [0.15, 0.2) is 42.5 Å². The largest absolute Gasteiger partial charge is 0.326 e. The summed E-state index contributed by atoms with van der Waals surface area (Å²) in [4.78, 5) is 26.9. The number of benzene rings is 2. The molecule has 0 radical (unpaired) electrons. The first kappa shape index (κ1) is 19.7. The van der Waals surface area contributed by atoms with Gasteiger partial charge in [-0.3, -0.25) is 9.59 Å². The highest BCUT2D eigenvalue weighted by atomic mass is 35.5. The maximum absolute atomic E-state index is 12.3. The van der Waals surface area contributed by atoms with Crippen molar-refractivity contribution in [2.45, 2.75) is 19.4 Å². The van der Waals surface area contributed by atoms with Crippen molar-refractivity contribution >= 4 is 46.4 Å². The van der Waals surface area contributed by atoms with Crippen LogP contribution in [0.4, 0.5) is 11.4 Å². The molecule has 1 aliphatic rings. The molecule has 7 heteroatoms. The molecule has 1 heterocycles. The van der Waals surface area contributed by atoms with E-state index in [0.29, 0.717) is 35.2 Å². The Kier molecular flexibility index (Phi) is 6.37. The fourth-order valence-electron chi connectivity index (χ4n) is 3.20. The number of carbonyl (C=O) groups is 2. The Morgan fingerprint density at radius 2 is 1.93 bits per heavy atom. The van der Waals surface area contributed by atoms with Crippen LogP contribution in [0.1, 0.15) is 18.4 Å². The summed E-state index contributed by atoms with van der Waals surface area (Å²) in [6, 6.07) is 12.9. The van der Waals surface area contributed by atoms with Gasteiger partial charge in [-0.25, -0.2) is 0 Å². The van der Waals surface area contributed by atoms with Gasteiger partial charge in [0.15, 0.2) is 6.54 Å². The minimum Gasteiger partial charge on any atom is -0.326 e. The second-order valence-electron chi connectivity index (χ2n) is 6.77. The van der Waals surface area contributed by atoms with Crippen LogP contribution in [-0.4, -0.2) is 32.0 Å². The molecule has 1 atom stereocenters. The van der Waals surface area contributed by atoms with E-state index >= 15 is 0 Å². The van der Waals surface area contributed by atoms with Gasteiger partial charge in [0.25, 0.3) is 5.91 Å². The number of rotatable bonds is 6. The highest BCUT2D eigenvalue weighted by Crippen LogP contribution is 2.25. The Balaban J connectivity index is 1.54. The molecule has 0 spiro atoms. The van der Waals surface area contributed by atoms with E-state index < -0.39 is 0 Å². The van der Waals surface area contributed by atoms with Gasteiger partial charge in [0.1, 0.15) is 6.54 Å². The van der Waals surface area contributed by atoms with Crippen molar-refractivity contribution in [3.8, 4) is 0 Å². The summed E-state index contributed by atoms with van der Waals surface area (Å²) in [6.07, 6.45) is 1.49. The first-order chi connectivity index (χ1) is 12.9. The monoisotopic (exact) mass is 406 g/mol. The zero-order valence-electron chi connectivity index (χ0n) is 15.1. The highest BCUT2D eigenvalue weighted by molar-refractivity contribution is 6.42. The summed E-state index contributed by atoms with van der Waals surface area (Å²) in [5.41, 5.74) is 2.49. The molecule has 0 saturated carbocycles. The quantitative estimate of drug-likeness (QED) is 0.774. The zero-order chi connectivity index (χ0) is 19.4. The summed E-state index contributed by atoms with van der Waals surface area (Å²) in [7, 11) is 1.93. The van der Waals surface area contributed by atoms with Crippen LogP contribution in [0, 0.1) is 0 Å². The second-order valence-corrected chi connectivity index (χ2v) is 7.55. The van der Waals surface area contributed by atoms with Crippen LogP contribution in [-0.2, 0) is 16.1 Å². The summed E-state index contributed by atoms with van der Waals surface area (Å²) in [5.74, 6) is 0.0623. The van der Waals surface area contributed by atoms with Crippen LogP contribution in [0.5, 0.6) is 0 Å². The summed E-state index contributed by atoms with van der Waals surface area (Å²) in [6.45, 7) is 1.66. The number of likely N-dealkylation sites (N-methyl/N-ethyl adjacent to an activating group) is 1. The van der Waals surface area contributed by atoms with E-state index in [-0.39, 0.29) is 11.8 Å². The van der Waals surface area contributed by atoms with Gasteiger partial charge in [-0.1, -0.05) is 35.3 Å². The number of carbonyl (C=O) groups excluding carboxylic acids is 2. The van der Waals surface area contributed by atoms with Gasteiger partial charge in [0.2, 0.25) is 5.91 Å². The van der Waals surface area contributed by atoms with Gasteiger partial charge < -0.3 is 15.1 Å². The van der Waals surface area contributed by atoms with E-state index in [9.17, 15) is 9.59 Å². The molecule has 1 unspecified atom stereocenters. The number of anilines is 2. The summed E-state index contributed by atoms with van der Waals surface area (Å²) >= 11 is 12.2. The molecule has 5 nitrogen and oxygen atoms in total. The van der Waals surface area contributed by atoms with E-state index in [4.69, 9.17) is 23.2 Å². The second kappa shape index (κ2) is 8.74.